The highest BCUT2D eigenvalue weighted by Gasteiger charge is 2.21. The molecule has 0 saturated carbocycles. The lowest BCUT2D eigenvalue weighted by molar-refractivity contribution is -0.522. The van der Waals surface area contributed by atoms with Gasteiger partial charge in [-0.05, 0) is 31.2 Å². The summed E-state index contributed by atoms with van der Waals surface area (Å²) in [6, 6.07) is 8.62. The van der Waals surface area contributed by atoms with Gasteiger partial charge in [-0.15, -0.1) is 0 Å². The summed E-state index contributed by atoms with van der Waals surface area (Å²) in [4.78, 5) is 22.6. The van der Waals surface area contributed by atoms with Crippen LogP contribution in [-0.4, -0.2) is 22.0 Å². The molecule has 1 aromatic rings. The molecular weight excluding hydrogens is 366 g/mol. The predicted molar refractivity (Wildman–Crippen MR) is 118 cm³/mol. The Labute approximate surface area is 175 Å². The molecule has 0 aliphatic heterocycles. The monoisotopic (exact) mass is 403 g/mol. The van der Waals surface area contributed by atoms with E-state index in [1.807, 2.05) is 36.4 Å². The number of allylic oxidation sites excluding steroid dienone is 1. The normalized spacial score (nSPS) is 13.4. The number of hydrogen-bond donors (Lipinski definition) is 1. The molecule has 0 aliphatic carbocycles. The Morgan fingerprint density at radius 1 is 1.00 bits per heavy atom. The summed E-state index contributed by atoms with van der Waals surface area (Å²) < 4.78 is 0. The third-order valence-electron chi connectivity index (χ3n) is 5.38. The Hall–Kier alpha value is -2.17. The third kappa shape index (κ3) is 11.4. The molecule has 162 valence electrons. The fourth-order valence-corrected chi connectivity index (χ4v) is 3.57. The van der Waals surface area contributed by atoms with Crippen molar-refractivity contribution < 1.29 is 14.8 Å². The third-order valence-corrected chi connectivity index (χ3v) is 5.38. The highest BCUT2D eigenvalue weighted by molar-refractivity contribution is 5.75. The van der Waals surface area contributed by atoms with Crippen molar-refractivity contribution in [3.63, 3.8) is 0 Å². The van der Waals surface area contributed by atoms with Crippen molar-refractivity contribution >= 4 is 5.97 Å². The maximum Gasteiger partial charge on any atom is 0.310 e. The van der Waals surface area contributed by atoms with E-state index in [1.165, 1.54) is 32.1 Å². The SMILES string of the molecule is CCCCCCCC/C=C\CC(CCCCC(C(=O)O)c1ccccc1)[N+](=O)[O-]. The van der Waals surface area contributed by atoms with Crippen LogP contribution < -0.4 is 0 Å². The summed E-state index contributed by atoms with van der Waals surface area (Å²) in [5.41, 5.74) is 0.795. The van der Waals surface area contributed by atoms with Crippen LogP contribution in [0.5, 0.6) is 0 Å². The number of rotatable bonds is 17. The van der Waals surface area contributed by atoms with Gasteiger partial charge in [0, 0.05) is 17.8 Å². The van der Waals surface area contributed by atoms with E-state index < -0.39 is 17.9 Å². The zero-order chi connectivity index (χ0) is 21.3. The first-order chi connectivity index (χ1) is 14.1. The average molecular weight is 404 g/mol. The number of aliphatic carboxylic acids is 1. The van der Waals surface area contributed by atoms with E-state index in [0.29, 0.717) is 32.1 Å². The topological polar surface area (TPSA) is 80.4 Å². The van der Waals surface area contributed by atoms with Crippen molar-refractivity contribution in [1.82, 2.24) is 0 Å². The highest BCUT2D eigenvalue weighted by Crippen LogP contribution is 2.23. The summed E-state index contributed by atoms with van der Waals surface area (Å²) >= 11 is 0. The number of carboxylic acid groups (broad SMARTS) is 1. The van der Waals surface area contributed by atoms with Crippen molar-refractivity contribution in [1.29, 1.82) is 0 Å². The molecule has 0 spiro atoms. The van der Waals surface area contributed by atoms with Crippen LogP contribution in [0.2, 0.25) is 0 Å². The molecule has 5 nitrogen and oxygen atoms in total. The van der Waals surface area contributed by atoms with Crippen LogP contribution in [0, 0.1) is 10.1 Å². The van der Waals surface area contributed by atoms with Crippen LogP contribution in [0.4, 0.5) is 0 Å². The number of hydrogen-bond acceptors (Lipinski definition) is 3. The number of unbranched alkanes of at least 4 members (excludes halogenated alkanes) is 7. The Morgan fingerprint density at radius 3 is 2.31 bits per heavy atom. The molecule has 0 aliphatic rings. The van der Waals surface area contributed by atoms with E-state index >= 15 is 0 Å². The molecule has 0 aromatic heterocycles. The average Bonchev–Trinajstić information content (AvgIpc) is 2.71. The van der Waals surface area contributed by atoms with E-state index in [-0.39, 0.29) is 4.92 Å². The Morgan fingerprint density at radius 2 is 1.66 bits per heavy atom. The lowest BCUT2D eigenvalue weighted by Crippen LogP contribution is -2.18. The van der Waals surface area contributed by atoms with Crippen LogP contribution in [0.1, 0.15) is 95.5 Å². The molecule has 0 heterocycles. The first kappa shape index (κ1) is 24.9. The Balaban J connectivity index is 2.27. The number of nitrogens with zero attached hydrogens (tertiary/aromatic N) is 1. The van der Waals surface area contributed by atoms with E-state index in [9.17, 15) is 20.0 Å². The molecular formula is C24H37NO4. The van der Waals surface area contributed by atoms with Gasteiger partial charge in [-0.25, -0.2) is 0 Å². The first-order valence-electron chi connectivity index (χ1n) is 11.1. The van der Waals surface area contributed by atoms with Gasteiger partial charge < -0.3 is 5.11 Å². The fraction of sp³-hybridized carbons (Fsp3) is 0.625. The summed E-state index contributed by atoms with van der Waals surface area (Å²) in [7, 11) is 0. The molecule has 0 radical (unpaired) electrons. The minimum atomic E-state index is -0.834. The van der Waals surface area contributed by atoms with E-state index in [4.69, 9.17) is 0 Å². The summed E-state index contributed by atoms with van der Waals surface area (Å²) in [5, 5.41) is 20.8. The maximum absolute atomic E-state index is 11.5. The molecule has 0 amide bonds. The second-order valence-corrected chi connectivity index (χ2v) is 7.79. The molecule has 2 atom stereocenters. The second-order valence-electron chi connectivity index (χ2n) is 7.79. The minimum absolute atomic E-state index is 0.193. The Bertz CT molecular complexity index is 600. The zero-order valence-corrected chi connectivity index (χ0v) is 17.8. The molecule has 29 heavy (non-hydrogen) atoms. The number of carboxylic acids is 1. The summed E-state index contributed by atoms with van der Waals surface area (Å²) in [6.07, 6.45) is 15.4. The minimum Gasteiger partial charge on any atom is -0.481 e. The quantitative estimate of drug-likeness (QED) is 0.135. The molecule has 1 aromatic carbocycles. The van der Waals surface area contributed by atoms with Crippen molar-refractivity contribution in [3.8, 4) is 0 Å². The molecule has 0 bridgehead atoms. The van der Waals surface area contributed by atoms with Crippen LogP contribution >= 0.6 is 0 Å². The molecule has 1 rings (SSSR count). The van der Waals surface area contributed by atoms with E-state index in [0.717, 1.165) is 18.4 Å². The first-order valence-corrected chi connectivity index (χ1v) is 11.1. The number of nitro groups is 1. The van der Waals surface area contributed by atoms with Gasteiger partial charge in [-0.2, -0.15) is 0 Å². The Kier molecular flexibility index (Phi) is 13.5. The molecule has 1 N–H and O–H groups in total. The summed E-state index contributed by atoms with van der Waals surface area (Å²) in [6.45, 7) is 2.21. The molecule has 0 fully saturated rings. The van der Waals surface area contributed by atoms with Crippen molar-refractivity contribution in [3.05, 3.63) is 58.2 Å². The van der Waals surface area contributed by atoms with Crippen molar-refractivity contribution in [2.24, 2.45) is 0 Å². The van der Waals surface area contributed by atoms with Crippen LogP contribution in [0.15, 0.2) is 42.5 Å². The van der Waals surface area contributed by atoms with Gasteiger partial charge in [0.25, 0.3) is 0 Å². The van der Waals surface area contributed by atoms with Crippen molar-refractivity contribution in [2.45, 2.75) is 95.9 Å². The van der Waals surface area contributed by atoms with E-state index in [1.54, 1.807) is 0 Å². The largest absolute Gasteiger partial charge is 0.481 e. The smallest absolute Gasteiger partial charge is 0.310 e. The molecule has 0 saturated heterocycles. The highest BCUT2D eigenvalue weighted by atomic mass is 16.6. The maximum atomic E-state index is 11.5. The van der Waals surface area contributed by atoms with Gasteiger partial charge in [0.1, 0.15) is 0 Å². The molecule has 2 unspecified atom stereocenters. The van der Waals surface area contributed by atoms with Gasteiger partial charge in [-0.1, -0.05) is 87.9 Å². The number of benzene rings is 1. The summed E-state index contributed by atoms with van der Waals surface area (Å²) in [5.74, 6) is -1.37. The van der Waals surface area contributed by atoms with Gasteiger partial charge in [0.2, 0.25) is 6.04 Å². The van der Waals surface area contributed by atoms with E-state index in [2.05, 4.69) is 13.0 Å². The fourth-order valence-electron chi connectivity index (χ4n) is 3.57. The standard InChI is InChI=1S/C24H37NO4/c1-2-3-4-5-6-7-8-9-13-18-22(25(28)29)19-14-15-20-23(24(26)27)21-16-11-10-12-17-21/h9-13,16-17,22-23H,2-8,14-15,18-20H2,1H3,(H,26,27)/b13-9-. The lowest BCUT2D eigenvalue weighted by Gasteiger charge is -2.13. The lowest BCUT2D eigenvalue weighted by atomic mass is 9.92. The van der Waals surface area contributed by atoms with Crippen LogP contribution in [-0.2, 0) is 4.79 Å². The predicted octanol–water partition coefficient (Wildman–Crippen LogP) is 6.76. The van der Waals surface area contributed by atoms with Crippen LogP contribution in [0.25, 0.3) is 0 Å². The van der Waals surface area contributed by atoms with Gasteiger partial charge in [-0.3, -0.25) is 14.9 Å². The second kappa shape index (κ2) is 15.7. The molecule has 5 heteroatoms. The van der Waals surface area contributed by atoms with Gasteiger partial charge in [0.05, 0.1) is 5.92 Å². The number of carbonyl (C=O) groups is 1. The zero-order valence-electron chi connectivity index (χ0n) is 17.8. The van der Waals surface area contributed by atoms with Gasteiger partial charge >= 0.3 is 5.97 Å². The van der Waals surface area contributed by atoms with Gasteiger partial charge in [0.15, 0.2) is 0 Å². The van der Waals surface area contributed by atoms with Crippen molar-refractivity contribution in [2.75, 3.05) is 0 Å². The van der Waals surface area contributed by atoms with Crippen LogP contribution in [0.3, 0.4) is 0 Å².